The molecule has 4 heteroatoms. The Morgan fingerprint density at radius 2 is 2.21 bits per heavy atom. The van der Waals surface area contributed by atoms with Crippen LogP contribution in [0.1, 0.15) is 18.9 Å². The van der Waals surface area contributed by atoms with Crippen molar-refractivity contribution in [1.82, 2.24) is 10.2 Å². The maximum atomic E-state index is 11.4. The summed E-state index contributed by atoms with van der Waals surface area (Å²) in [6.45, 7) is 5.61. The highest BCUT2D eigenvalue weighted by atomic mass is 16.2. The molecule has 0 aromatic heterocycles. The molecule has 1 amide bonds. The molecule has 4 nitrogen and oxygen atoms in total. The molecule has 1 heterocycles. The van der Waals surface area contributed by atoms with Gasteiger partial charge in [0, 0.05) is 19.6 Å². The number of likely N-dealkylation sites (tertiary alicyclic amines) is 1. The first-order chi connectivity index (χ1) is 9.15. The fourth-order valence-electron chi connectivity index (χ4n) is 2.47. The zero-order chi connectivity index (χ0) is 13.7. The predicted octanol–water partition coefficient (Wildman–Crippen LogP) is 0.972. The van der Waals surface area contributed by atoms with Crippen molar-refractivity contribution in [2.24, 2.45) is 11.7 Å². The second-order valence-corrected chi connectivity index (χ2v) is 5.41. The van der Waals surface area contributed by atoms with Crippen LogP contribution >= 0.6 is 0 Å². The Kier molecular flexibility index (Phi) is 4.93. The van der Waals surface area contributed by atoms with Crippen molar-refractivity contribution in [3.63, 3.8) is 0 Å². The van der Waals surface area contributed by atoms with Gasteiger partial charge in [-0.15, -0.1) is 0 Å². The van der Waals surface area contributed by atoms with E-state index >= 15 is 0 Å². The molecule has 2 rings (SSSR count). The van der Waals surface area contributed by atoms with Gasteiger partial charge in [-0.1, -0.05) is 30.3 Å². The third-order valence-electron chi connectivity index (χ3n) is 3.60. The van der Waals surface area contributed by atoms with E-state index in [0.29, 0.717) is 5.92 Å². The van der Waals surface area contributed by atoms with E-state index in [1.807, 2.05) is 6.07 Å². The van der Waals surface area contributed by atoms with Gasteiger partial charge in [-0.05, 0) is 31.4 Å². The molecule has 104 valence electrons. The van der Waals surface area contributed by atoms with Crippen LogP contribution in [0.3, 0.4) is 0 Å². The van der Waals surface area contributed by atoms with Gasteiger partial charge in [0.2, 0.25) is 5.91 Å². The van der Waals surface area contributed by atoms with Gasteiger partial charge in [0.25, 0.3) is 0 Å². The van der Waals surface area contributed by atoms with Crippen LogP contribution in [0.15, 0.2) is 30.3 Å². The largest absolute Gasteiger partial charge is 0.354 e. The number of carbonyl (C=O) groups is 1. The molecule has 0 saturated carbocycles. The van der Waals surface area contributed by atoms with E-state index in [9.17, 15) is 4.79 Å². The lowest BCUT2D eigenvalue weighted by Gasteiger charge is -2.16. The molecule has 1 saturated heterocycles. The van der Waals surface area contributed by atoms with E-state index in [0.717, 1.165) is 32.6 Å². The maximum absolute atomic E-state index is 11.4. The van der Waals surface area contributed by atoms with Crippen LogP contribution in [-0.2, 0) is 11.3 Å². The number of benzene rings is 1. The maximum Gasteiger partial charge on any atom is 0.236 e. The quantitative estimate of drug-likeness (QED) is 0.830. The van der Waals surface area contributed by atoms with Crippen molar-refractivity contribution in [2.45, 2.75) is 25.9 Å². The monoisotopic (exact) mass is 261 g/mol. The van der Waals surface area contributed by atoms with E-state index in [4.69, 9.17) is 5.73 Å². The third-order valence-corrected chi connectivity index (χ3v) is 3.60. The average Bonchev–Trinajstić information content (AvgIpc) is 2.84. The number of nitrogens with one attached hydrogen (secondary N) is 1. The van der Waals surface area contributed by atoms with E-state index in [1.54, 1.807) is 6.92 Å². The number of nitrogens with zero attached hydrogens (tertiary/aromatic N) is 1. The number of amides is 1. The molecular formula is C15H23N3O. The molecular weight excluding hydrogens is 238 g/mol. The summed E-state index contributed by atoms with van der Waals surface area (Å²) < 4.78 is 0. The molecule has 3 N–H and O–H groups in total. The van der Waals surface area contributed by atoms with Crippen molar-refractivity contribution < 1.29 is 4.79 Å². The summed E-state index contributed by atoms with van der Waals surface area (Å²) in [5.41, 5.74) is 6.88. The standard InChI is InChI=1S/C15H23N3O/c1-12(16)15(19)17-9-14-7-8-18(11-14)10-13-5-3-2-4-6-13/h2-6,12,14H,7-11,16H2,1H3,(H,17,19)/t12-,14-/m0/s1. The first-order valence-corrected chi connectivity index (χ1v) is 6.94. The second kappa shape index (κ2) is 6.68. The van der Waals surface area contributed by atoms with Gasteiger partial charge < -0.3 is 11.1 Å². The van der Waals surface area contributed by atoms with Crippen molar-refractivity contribution in [3.05, 3.63) is 35.9 Å². The Morgan fingerprint density at radius 1 is 1.47 bits per heavy atom. The molecule has 1 aromatic carbocycles. The number of hydrogen-bond acceptors (Lipinski definition) is 3. The highest BCUT2D eigenvalue weighted by molar-refractivity contribution is 5.80. The van der Waals surface area contributed by atoms with Crippen LogP contribution in [-0.4, -0.2) is 36.5 Å². The molecule has 1 aromatic rings. The minimum atomic E-state index is -0.415. The molecule has 0 radical (unpaired) electrons. The van der Waals surface area contributed by atoms with Crippen molar-refractivity contribution >= 4 is 5.91 Å². The summed E-state index contributed by atoms with van der Waals surface area (Å²) >= 11 is 0. The molecule has 1 aliphatic heterocycles. The summed E-state index contributed by atoms with van der Waals surface area (Å²) in [7, 11) is 0. The lowest BCUT2D eigenvalue weighted by atomic mass is 10.1. The van der Waals surface area contributed by atoms with Crippen LogP contribution in [0.25, 0.3) is 0 Å². The van der Waals surface area contributed by atoms with Gasteiger partial charge in [0.05, 0.1) is 6.04 Å². The summed E-state index contributed by atoms with van der Waals surface area (Å²) in [6, 6.07) is 10.1. The smallest absolute Gasteiger partial charge is 0.236 e. The zero-order valence-electron chi connectivity index (χ0n) is 11.5. The first kappa shape index (κ1) is 14.0. The van der Waals surface area contributed by atoms with E-state index in [-0.39, 0.29) is 5.91 Å². The van der Waals surface area contributed by atoms with Crippen molar-refractivity contribution in [3.8, 4) is 0 Å². The van der Waals surface area contributed by atoms with Gasteiger partial charge in [0.15, 0.2) is 0 Å². The predicted molar refractivity (Wildman–Crippen MR) is 76.5 cm³/mol. The molecule has 0 spiro atoms. The Hall–Kier alpha value is -1.39. The third kappa shape index (κ3) is 4.33. The minimum Gasteiger partial charge on any atom is -0.354 e. The Bertz CT molecular complexity index is 405. The molecule has 0 aliphatic carbocycles. The highest BCUT2D eigenvalue weighted by Gasteiger charge is 2.23. The van der Waals surface area contributed by atoms with E-state index < -0.39 is 6.04 Å². The number of rotatable bonds is 5. The van der Waals surface area contributed by atoms with Gasteiger partial charge in [0.1, 0.15) is 0 Å². The van der Waals surface area contributed by atoms with Gasteiger partial charge in [-0.25, -0.2) is 0 Å². The average molecular weight is 261 g/mol. The van der Waals surface area contributed by atoms with Crippen LogP contribution in [0.4, 0.5) is 0 Å². The lowest BCUT2D eigenvalue weighted by Crippen LogP contribution is -2.40. The Balaban J connectivity index is 1.73. The van der Waals surface area contributed by atoms with Gasteiger partial charge >= 0.3 is 0 Å². The SMILES string of the molecule is C[C@H](N)C(=O)NC[C@@H]1CCN(Cc2ccccc2)C1. The normalized spacial score (nSPS) is 21.3. The topological polar surface area (TPSA) is 58.4 Å². The van der Waals surface area contributed by atoms with Crippen LogP contribution in [0.5, 0.6) is 0 Å². The highest BCUT2D eigenvalue weighted by Crippen LogP contribution is 2.17. The summed E-state index contributed by atoms with van der Waals surface area (Å²) in [4.78, 5) is 13.9. The molecule has 0 bridgehead atoms. The van der Waals surface area contributed by atoms with Crippen molar-refractivity contribution in [2.75, 3.05) is 19.6 Å². The van der Waals surface area contributed by atoms with Crippen molar-refractivity contribution in [1.29, 1.82) is 0 Å². The van der Waals surface area contributed by atoms with E-state index in [2.05, 4.69) is 34.5 Å². The Labute approximate surface area is 115 Å². The molecule has 0 unspecified atom stereocenters. The first-order valence-electron chi connectivity index (χ1n) is 6.94. The fourth-order valence-corrected chi connectivity index (χ4v) is 2.47. The van der Waals surface area contributed by atoms with Gasteiger partial charge in [-0.3, -0.25) is 9.69 Å². The van der Waals surface area contributed by atoms with Crippen LogP contribution in [0, 0.1) is 5.92 Å². The summed E-state index contributed by atoms with van der Waals surface area (Å²) in [5, 5.41) is 2.92. The summed E-state index contributed by atoms with van der Waals surface area (Å²) in [6.07, 6.45) is 1.14. The molecule has 19 heavy (non-hydrogen) atoms. The number of hydrogen-bond donors (Lipinski definition) is 2. The fraction of sp³-hybridized carbons (Fsp3) is 0.533. The molecule has 2 atom stereocenters. The molecule has 1 aliphatic rings. The van der Waals surface area contributed by atoms with E-state index in [1.165, 1.54) is 5.56 Å². The minimum absolute atomic E-state index is 0.0542. The Morgan fingerprint density at radius 3 is 2.89 bits per heavy atom. The molecule has 1 fully saturated rings. The number of carbonyl (C=O) groups excluding carboxylic acids is 1. The number of nitrogens with two attached hydrogens (primary N) is 1. The summed E-state index contributed by atoms with van der Waals surface area (Å²) in [5.74, 6) is 0.493. The lowest BCUT2D eigenvalue weighted by molar-refractivity contribution is -0.122. The second-order valence-electron chi connectivity index (χ2n) is 5.41. The van der Waals surface area contributed by atoms with Gasteiger partial charge in [-0.2, -0.15) is 0 Å². The van der Waals surface area contributed by atoms with Crippen LogP contribution in [0.2, 0.25) is 0 Å². The zero-order valence-corrected chi connectivity index (χ0v) is 11.5. The van der Waals surface area contributed by atoms with Crippen LogP contribution < -0.4 is 11.1 Å².